The van der Waals surface area contributed by atoms with Crippen molar-refractivity contribution in [3.63, 3.8) is 0 Å². The highest BCUT2D eigenvalue weighted by atomic mass is 127. The molecular weight excluding hydrogens is 874 g/mol. The lowest BCUT2D eigenvalue weighted by Gasteiger charge is -2.28. The molecule has 14 heteroatoms. The molecular formula is C31H31BrI2N4O7. The molecule has 1 aliphatic heterocycles. The van der Waals surface area contributed by atoms with Crippen molar-refractivity contribution in [1.29, 1.82) is 0 Å². The lowest BCUT2D eigenvalue weighted by Crippen LogP contribution is -2.45. The largest absolute Gasteiger partial charge is 0.490 e. The molecule has 3 aromatic carbocycles. The molecule has 0 radical (unpaired) electrons. The van der Waals surface area contributed by atoms with Crippen molar-refractivity contribution in [2.45, 2.75) is 32.7 Å². The van der Waals surface area contributed by atoms with E-state index in [1.165, 1.54) is 7.11 Å². The highest BCUT2D eigenvalue weighted by Gasteiger charge is 2.32. The third-order valence-corrected chi connectivity index (χ3v) is 8.56. The van der Waals surface area contributed by atoms with Gasteiger partial charge in [-0.25, -0.2) is 9.59 Å². The van der Waals surface area contributed by atoms with E-state index in [1.54, 1.807) is 31.3 Å². The van der Waals surface area contributed by atoms with Crippen molar-refractivity contribution < 1.29 is 33.6 Å². The lowest BCUT2D eigenvalue weighted by molar-refractivity contribution is -0.136. The number of ether oxygens (including phenoxy) is 4. The van der Waals surface area contributed by atoms with Gasteiger partial charge in [0.15, 0.2) is 17.7 Å². The second kappa shape index (κ2) is 16.5. The number of carbonyl (C=O) groups excluding carboxylic acids is 2. The van der Waals surface area contributed by atoms with E-state index in [-0.39, 0.29) is 12.2 Å². The maximum atomic E-state index is 12.5. The zero-order valence-corrected chi connectivity index (χ0v) is 30.4. The number of carbonyl (C=O) groups is 2. The molecule has 0 spiro atoms. The number of nitrogens with zero attached hydrogens (tertiary/aromatic N) is 1. The van der Waals surface area contributed by atoms with Crippen LogP contribution in [0.5, 0.6) is 17.2 Å². The number of hydrogen-bond acceptors (Lipinski definition) is 9. The number of amides is 2. The molecule has 0 saturated carbocycles. The Hall–Kier alpha value is -3.09. The third-order valence-electron chi connectivity index (χ3n) is 6.43. The van der Waals surface area contributed by atoms with Crippen LogP contribution in [-0.4, -0.2) is 49.9 Å². The number of hydrazone groups is 1. The van der Waals surface area contributed by atoms with E-state index in [0.717, 1.165) is 28.5 Å². The standard InChI is InChI=1S/C31H31BrI2N4O7/c1-4-43-25-13-20(28-27(30(40)42-3)17(2)36-31(41)37-28)7-10-24(25)44-16-26(39)38-35-14-19-11-22(33)29(23(34)12-19)45-15-18-5-8-21(32)9-6-18/h5-14,26,28,38-39H,4,15-16H2,1-3H3,(H2,36,37,41)/b35-14-/t26-,28+/m0/s1. The molecule has 0 saturated heterocycles. The summed E-state index contributed by atoms with van der Waals surface area (Å²) >= 11 is 7.90. The van der Waals surface area contributed by atoms with Crippen molar-refractivity contribution in [3.8, 4) is 17.2 Å². The van der Waals surface area contributed by atoms with Crippen LogP contribution >= 0.6 is 61.1 Å². The van der Waals surface area contributed by atoms with E-state index in [2.05, 4.69) is 82.3 Å². The highest BCUT2D eigenvalue weighted by molar-refractivity contribution is 14.1. The predicted molar refractivity (Wildman–Crippen MR) is 189 cm³/mol. The number of halogens is 3. The van der Waals surface area contributed by atoms with Gasteiger partial charge in [-0.3, -0.25) is 5.43 Å². The van der Waals surface area contributed by atoms with Gasteiger partial charge in [0.25, 0.3) is 0 Å². The summed E-state index contributed by atoms with van der Waals surface area (Å²) in [4.78, 5) is 24.6. The van der Waals surface area contributed by atoms with E-state index in [9.17, 15) is 14.7 Å². The first-order chi connectivity index (χ1) is 21.6. The SMILES string of the molecule is CCOc1cc([C@H]2NC(=O)NC(C)=C2C(=O)OC)ccc1OC[C@H](O)N/N=C\c1cc(I)c(OCc2ccc(Br)cc2)c(I)c1. The molecule has 0 aliphatic carbocycles. The molecule has 238 valence electrons. The molecule has 0 bridgehead atoms. The summed E-state index contributed by atoms with van der Waals surface area (Å²) in [6.45, 7) is 4.11. The number of nitrogens with one attached hydrogen (secondary N) is 3. The molecule has 2 amide bonds. The number of rotatable bonds is 13. The van der Waals surface area contributed by atoms with E-state index < -0.39 is 24.3 Å². The van der Waals surface area contributed by atoms with Crippen LogP contribution in [0.3, 0.4) is 0 Å². The maximum absolute atomic E-state index is 12.5. The Labute approximate surface area is 296 Å². The minimum absolute atomic E-state index is 0.134. The number of benzene rings is 3. The van der Waals surface area contributed by atoms with Gasteiger partial charge in [0.05, 0.1) is 38.7 Å². The van der Waals surface area contributed by atoms with Gasteiger partial charge in [-0.15, -0.1) is 0 Å². The van der Waals surface area contributed by atoms with E-state index in [1.807, 2.05) is 43.3 Å². The number of esters is 1. The summed E-state index contributed by atoms with van der Waals surface area (Å²) in [5.41, 5.74) is 5.82. The summed E-state index contributed by atoms with van der Waals surface area (Å²) in [6, 6.07) is 15.7. The highest BCUT2D eigenvalue weighted by Crippen LogP contribution is 2.35. The Morgan fingerprint density at radius 2 is 1.80 bits per heavy atom. The van der Waals surface area contributed by atoms with Crippen molar-refractivity contribution in [2.75, 3.05) is 20.3 Å². The van der Waals surface area contributed by atoms with Crippen molar-refractivity contribution in [1.82, 2.24) is 16.1 Å². The quantitative estimate of drug-likeness (QED) is 0.0559. The van der Waals surface area contributed by atoms with Crippen molar-refractivity contribution >= 4 is 79.3 Å². The number of urea groups is 1. The number of methoxy groups -OCH3 is 1. The summed E-state index contributed by atoms with van der Waals surface area (Å²) in [5.74, 6) is 0.980. The van der Waals surface area contributed by atoms with Gasteiger partial charge in [0.1, 0.15) is 19.0 Å². The molecule has 0 unspecified atom stereocenters. The van der Waals surface area contributed by atoms with Gasteiger partial charge in [-0.05, 0) is 112 Å². The molecule has 0 aromatic heterocycles. The molecule has 4 rings (SSSR count). The first-order valence-corrected chi connectivity index (χ1v) is 16.6. The second-order valence-electron chi connectivity index (χ2n) is 9.64. The fourth-order valence-electron chi connectivity index (χ4n) is 4.35. The van der Waals surface area contributed by atoms with Crippen LogP contribution in [0.2, 0.25) is 0 Å². The first-order valence-electron chi connectivity index (χ1n) is 13.7. The average Bonchev–Trinajstić information content (AvgIpc) is 3.00. The van der Waals surface area contributed by atoms with Gasteiger partial charge in [0, 0.05) is 10.2 Å². The van der Waals surface area contributed by atoms with Crippen LogP contribution in [-0.2, 0) is 16.1 Å². The number of aliphatic hydroxyl groups is 1. The van der Waals surface area contributed by atoms with Crippen LogP contribution in [0.15, 0.2) is 75.4 Å². The normalized spacial score (nSPS) is 15.3. The van der Waals surface area contributed by atoms with E-state index in [0.29, 0.717) is 36.0 Å². The van der Waals surface area contributed by atoms with E-state index in [4.69, 9.17) is 18.9 Å². The summed E-state index contributed by atoms with van der Waals surface area (Å²) in [5, 5.41) is 20.0. The second-order valence-corrected chi connectivity index (χ2v) is 12.9. The number of hydrogen-bond donors (Lipinski definition) is 4. The van der Waals surface area contributed by atoms with Gasteiger partial charge in [-0.2, -0.15) is 5.10 Å². The fraction of sp³-hybridized carbons (Fsp3) is 0.258. The minimum Gasteiger partial charge on any atom is -0.490 e. The lowest BCUT2D eigenvalue weighted by atomic mass is 9.95. The monoisotopic (exact) mass is 904 g/mol. The van der Waals surface area contributed by atoms with Crippen LogP contribution in [0.25, 0.3) is 0 Å². The summed E-state index contributed by atoms with van der Waals surface area (Å²) < 4.78 is 25.5. The molecule has 1 heterocycles. The molecule has 1 aliphatic rings. The molecule has 11 nitrogen and oxygen atoms in total. The molecule has 0 fully saturated rings. The Bertz CT molecular complexity index is 1580. The van der Waals surface area contributed by atoms with E-state index >= 15 is 0 Å². The van der Waals surface area contributed by atoms with Crippen LogP contribution in [0, 0.1) is 7.14 Å². The van der Waals surface area contributed by atoms with Gasteiger partial charge in [-0.1, -0.05) is 34.1 Å². The zero-order valence-electron chi connectivity index (χ0n) is 24.5. The number of allylic oxidation sites excluding steroid dienone is 1. The average molecular weight is 905 g/mol. The Morgan fingerprint density at radius 3 is 2.47 bits per heavy atom. The minimum atomic E-state index is -1.12. The van der Waals surface area contributed by atoms with Crippen LogP contribution in [0.1, 0.15) is 36.6 Å². The summed E-state index contributed by atoms with van der Waals surface area (Å²) in [7, 11) is 1.28. The van der Waals surface area contributed by atoms with Crippen molar-refractivity contribution in [3.05, 3.63) is 94.2 Å². The Kier molecular flexibility index (Phi) is 12.7. The Morgan fingerprint density at radius 1 is 1.09 bits per heavy atom. The van der Waals surface area contributed by atoms with Gasteiger partial charge < -0.3 is 34.7 Å². The molecule has 45 heavy (non-hydrogen) atoms. The zero-order chi connectivity index (χ0) is 32.5. The van der Waals surface area contributed by atoms with Crippen LogP contribution in [0.4, 0.5) is 4.79 Å². The fourth-order valence-corrected chi connectivity index (χ4v) is 6.74. The topological polar surface area (TPSA) is 140 Å². The summed E-state index contributed by atoms with van der Waals surface area (Å²) in [6.07, 6.45) is 0.482. The first kappa shape index (κ1) is 34.8. The number of aliphatic hydroxyl groups excluding tert-OH is 1. The third kappa shape index (κ3) is 9.46. The van der Waals surface area contributed by atoms with Crippen molar-refractivity contribution in [2.24, 2.45) is 5.10 Å². The van der Waals surface area contributed by atoms with Gasteiger partial charge >= 0.3 is 12.0 Å². The maximum Gasteiger partial charge on any atom is 0.337 e. The smallest absolute Gasteiger partial charge is 0.337 e. The van der Waals surface area contributed by atoms with Crippen LogP contribution < -0.4 is 30.3 Å². The Balaban J connectivity index is 1.37. The predicted octanol–water partition coefficient (Wildman–Crippen LogP) is 5.76. The van der Waals surface area contributed by atoms with Gasteiger partial charge in [0.2, 0.25) is 0 Å². The molecule has 3 aromatic rings. The molecule has 2 atom stereocenters. The molecule has 4 N–H and O–H groups in total.